The molecule has 0 heterocycles. The minimum Gasteiger partial charge on any atom is -0.320 e. The van der Waals surface area contributed by atoms with Crippen molar-refractivity contribution in [2.75, 3.05) is 0 Å². The second kappa shape index (κ2) is 5.55. The van der Waals surface area contributed by atoms with E-state index in [1.807, 2.05) is 24.3 Å². The molecule has 2 heteroatoms. The Bertz CT molecular complexity index is 500. The van der Waals surface area contributed by atoms with Gasteiger partial charge >= 0.3 is 0 Å². The van der Waals surface area contributed by atoms with Crippen LogP contribution in [0, 0.1) is 0 Å². The molecule has 0 spiro atoms. The van der Waals surface area contributed by atoms with Gasteiger partial charge in [0.15, 0.2) is 0 Å². The van der Waals surface area contributed by atoms with Crippen molar-refractivity contribution in [1.29, 1.82) is 0 Å². The molecular weight excluding hydrogens is 242 g/mol. The lowest BCUT2D eigenvalue weighted by Crippen LogP contribution is -2.11. The fourth-order valence-corrected chi connectivity index (χ4v) is 2.08. The maximum atomic E-state index is 6.25. The Balaban J connectivity index is 2.23. The van der Waals surface area contributed by atoms with E-state index in [0.717, 1.165) is 16.1 Å². The van der Waals surface area contributed by atoms with Crippen molar-refractivity contribution in [3.63, 3.8) is 0 Å². The normalized spacial score (nSPS) is 12.7. The van der Waals surface area contributed by atoms with Gasteiger partial charge in [0.05, 0.1) is 6.04 Å². The molecule has 2 rings (SSSR count). The summed E-state index contributed by atoms with van der Waals surface area (Å²) in [6.07, 6.45) is 0. The molecule has 0 bridgehead atoms. The lowest BCUT2D eigenvalue weighted by atomic mass is 9.96. The summed E-state index contributed by atoms with van der Waals surface area (Å²) in [5.74, 6) is 0.547. The van der Waals surface area contributed by atoms with E-state index in [0.29, 0.717) is 5.92 Å². The Morgan fingerprint density at radius 3 is 1.61 bits per heavy atom. The number of nitrogens with two attached hydrogens (primary N) is 1. The van der Waals surface area contributed by atoms with Gasteiger partial charge in [0.1, 0.15) is 0 Å². The molecule has 0 aliphatic rings. The molecule has 18 heavy (non-hydrogen) atoms. The highest BCUT2D eigenvalue weighted by Crippen LogP contribution is 2.23. The van der Waals surface area contributed by atoms with E-state index in [2.05, 4.69) is 38.1 Å². The van der Waals surface area contributed by atoms with E-state index in [4.69, 9.17) is 17.3 Å². The summed E-state index contributed by atoms with van der Waals surface area (Å²) < 4.78 is 0. The zero-order chi connectivity index (χ0) is 13.1. The fraction of sp³-hybridized carbons (Fsp3) is 0.250. The van der Waals surface area contributed by atoms with Gasteiger partial charge < -0.3 is 5.73 Å². The fourth-order valence-electron chi connectivity index (χ4n) is 1.95. The standard InChI is InChI=1S/C16H18ClN/c1-11(2)12-3-5-13(6-4-12)16(18)14-7-9-15(17)10-8-14/h3-11,16H,18H2,1-2H3. The van der Waals surface area contributed by atoms with E-state index in [1.54, 1.807) is 0 Å². The molecule has 1 nitrogen and oxygen atoms in total. The smallest absolute Gasteiger partial charge is 0.0551 e. The summed E-state index contributed by atoms with van der Waals surface area (Å²) in [7, 11) is 0. The number of halogens is 1. The first-order valence-electron chi connectivity index (χ1n) is 6.19. The Labute approximate surface area is 114 Å². The van der Waals surface area contributed by atoms with Crippen LogP contribution in [0.2, 0.25) is 5.02 Å². The minimum absolute atomic E-state index is 0.0940. The molecule has 2 aromatic rings. The van der Waals surface area contributed by atoms with Crippen molar-refractivity contribution in [2.45, 2.75) is 25.8 Å². The average molecular weight is 260 g/mol. The molecular formula is C16H18ClN. The lowest BCUT2D eigenvalue weighted by molar-refractivity contribution is 0.847. The van der Waals surface area contributed by atoms with Crippen LogP contribution in [0.4, 0.5) is 0 Å². The number of hydrogen-bond donors (Lipinski definition) is 1. The second-order valence-electron chi connectivity index (χ2n) is 4.85. The van der Waals surface area contributed by atoms with Crippen LogP contribution in [-0.2, 0) is 0 Å². The van der Waals surface area contributed by atoms with Crippen LogP contribution >= 0.6 is 11.6 Å². The molecule has 0 saturated carbocycles. The van der Waals surface area contributed by atoms with E-state index in [-0.39, 0.29) is 6.04 Å². The highest BCUT2D eigenvalue weighted by Gasteiger charge is 2.09. The predicted octanol–water partition coefficient (Wildman–Crippen LogP) is 4.51. The largest absolute Gasteiger partial charge is 0.320 e. The Morgan fingerprint density at radius 2 is 1.17 bits per heavy atom. The van der Waals surface area contributed by atoms with Crippen LogP contribution in [0.5, 0.6) is 0 Å². The van der Waals surface area contributed by atoms with Crippen LogP contribution in [0.3, 0.4) is 0 Å². The van der Waals surface area contributed by atoms with E-state index < -0.39 is 0 Å². The van der Waals surface area contributed by atoms with Crippen LogP contribution in [0.15, 0.2) is 48.5 Å². The number of hydrogen-bond acceptors (Lipinski definition) is 1. The van der Waals surface area contributed by atoms with Gasteiger partial charge in [-0.1, -0.05) is 61.8 Å². The summed E-state index contributed by atoms with van der Waals surface area (Å²) in [5, 5.41) is 0.737. The molecule has 0 amide bonds. The van der Waals surface area contributed by atoms with E-state index in [9.17, 15) is 0 Å². The van der Waals surface area contributed by atoms with Gasteiger partial charge in [-0.15, -0.1) is 0 Å². The topological polar surface area (TPSA) is 26.0 Å². The summed E-state index contributed by atoms with van der Waals surface area (Å²) >= 11 is 5.88. The van der Waals surface area contributed by atoms with E-state index >= 15 is 0 Å². The van der Waals surface area contributed by atoms with Gasteiger partial charge in [0.25, 0.3) is 0 Å². The molecule has 94 valence electrons. The quantitative estimate of drug-likeness (QED) is 0.862. The van der Waals surface area contributed by atoms with Gasteiger partial charge in [0.2, 0.25) is 0 Å². The number of rotatable bonds is 3. The first-order chi connectivity index (χ1) is 8.58. The van der Waals surface area contributed by atoms with Gasteiger partial charge in [-0.25, -0.2) is 0 Å². The summed E-state index contributed by atoms with van der Waals surface area (Å²) in [6, 6.07) is 16.1. The molecule has 0 aromatic heterocycles. The molecule has 0 aliphatic carbocycles. The highest BCUT2D eigenvalue weighted by atomic mass is 35.5. The van der Waals surface area contributed by atoms with Gasteiger partial charge in [-0.05, 0) is 34.7 Å². The molecule has 0 saturated heterocycles. The third-order valence-corrected chi connectivity index (χ3v) is 3.44. The van der Waals surface area contributed by atoms with Gasteiger partial charge in [-0.2, -0.15) is 0 Å². The van der Waals surface area contributed by atoms with E-state index in [1.165, 1.54) is 5.56 Å². The summed E-state index contributed by atoms with van der Waals surface area (Å²) in [6.45, 7) is 4.38. The average Bonchev–Trinajstić information content (AvgIpc) is 2.39. The molecule has 0 radical (unpaired) electrons. The molecule has 1 atom stereocenters. The van der Waals surface area contributed by atoms with Gasteiger partial charge in [-0.3, -0.25) is 0 Å². The van der Waals surface area contributed by atoms with Crippen molar-refractivity contribution < 1.29 is 0 Å². The lowest BCUT2D eigenvalue weighted by Gasteiger charge is -2.14. The predicted molar refractivity (Wildman–Crippen MR) is 78.0 cm³/mol. The first-order valence-corrected chi connectivity index (χ1v) is 6.56. The molecule has 2 N–H and O–H groups in total. The third kappa shape index (κ3) is 2.92. The molecule has 0 fully saturated rings. The monoisotopic (exact) mass is 259 g/mol. The van der Waals surface area contributed by atoms with Crippen LogP contribution < -0.4 is 5.73 Å². The van der Waals surface area contributed by atoms with Crippen LogP contribution in [0.25, 0.3) is 0 Å². The van der Waals surface area contributed by atoms with Gasteiger partial charge in [0, 0.05) is 5.02 Å². The summed E-state index contributed by atoms with van der Waals surface area (Å²) in [5.41, 5.74) is 9.79. The zero-order valence-electron chi connectivity index (χ0n) is 10.7. The Morgan fingerprint density at radius 1 is 0.778 bits per heavy atom. The highest BCUT2D eigenvalue weighted by molar-refractivity contribution is 6.30. The second-order valence-corrected chi connectivity index (χ2v) is 5.29. The van der Waals surface area contributed by atoms with Crippen molar-refractivity contribution in [2.24, 2.45) is 5.73 Å². The van der Waals surface area contributed by atoms with Crippen molar-refractivity contribution >= 4 is 11.6 Å². The van der Waals surface area contributed by atoms with Crippen molar-refractivity contribution in [1.82, 2.24) is 0 Å². The molecule has 1 unspecified atom stereocenters. The zero-order valence-corrected chi connectivity index (χ0v) is 11.5. The Hall–Kier alpha value is -1.31. The molecule has 0 aliphatic heterocycles. The maximum Gasteiger partial charge on any atom is 0.0551 e. The number of benzene rings is 2. The maximum absolute atomic E-state index is 6.25. The SMILES string of the molecule is CC(C)c1ccc(C(N)c2ccc(Cl)cc2)cc1. The van der Waals surface area contributed by atoms with Crippen LogP contribution in [-0.4, -0.2) is 0 Å². The first kappa shape index (κ1) is 13.1. The summed E-state index contributed by atoms with van der Waals surface area (Å²) in [4.78, 5) is 0. The van der Waals surface area contributed by atoms with Crippen molar-refractivity contribution in [3.05, 3.63) is 70.2 Å². The van der Waals surface area contributed by atoms with Crippen LogP contribution in [0.1, 0.15) is 42.5 Å². The Kier molecular flexibility index (Phi) is 4.05. The minimum atomic E-state index is -0.0940. The molecule has 2 aromatic carbocycles. The van der Waals surface area contributed by atoms with Crippen molar-refractivity contribution in [3.8, 4) is 0 Å². The third-order valence-electron chi connectivity index (χ3n) is 3.19.